The van der Waals surface area contributed by atoms with E-state index in [4.69, 9.17) is 19.4 Å². The Hall–Kier alpha value is -5.10. The van der Waals surface area contributed by atoms with Crippen LogP contribution in [-0.4, -0.2) is 36.6 Å². The Morgan fingerprint density at radius 1 is 0.525 bits per heavy atom. The quantitative estimate of drug-likeness (QED) is 0.183. The smallest absolute Gasteiger partial charge is 0.118 e. The van der Waals surface area contributed by atoms with Crippen molar-refractivity contribution in [2.45, 2.75) is 13.1 Å². The summed E-state index contributed by atoms with van der Waals surface area (Å²) in [6.07, 6.45) is 3.64. The summed E-state index contributed by atoms with van der Waals surface area (Å²) in [5.74, 6) is 1.65. The number of aromatic nitrogens is 2. The molecule has 0 bridgehead atoms. The van der Waals surface area contributed by atoms with Crippen LogP contribution >= 0.6 is 0 Å². The van der Waals surface area contributed by atoms with Gasteiger partial charge in [0.05, 0.1) is 50.1 Å². The van der Waals surface area contributed by atoms with Gasteiger partial charge in [-0.1, -0.05) is 36.4 Å². The lowest BCUT2D eigenvalue weighted by Crippen LogP contribution is -1.93. The zero-order chi connectivity index (χ0) is 27.6. The van der Waals surface area contributed by atoms with Crippen LogP contribution in [0.4, 0.5) is 0 Å². The van der Waals surface area contributed by atoms with Crippen LogP contribution < -0.4 is 9.47 Å². The van der Waals surface area contributed by atoms with Gasteiger partial charge in [0.2, 0.25) is 0 Å². The molecule has 0 saturated carbocycles. The topological polar surface area (TPSA) is 69.0 Å². The number of nitrogens with zero attached hydrogens (tertiary/aromatic N) is 4. The Kier molecular flexibility index (Phi) is 8.69. The fraction of sp³-hybridized carbons (Fsp3) is 0.118. The summed E-state index contributed by atoms with van der Waals surface area (Å²) in [6.45, 7) is 1.17. The van der Waals surface area contributed by atoms with Crippen molar-refractivity contribution in [3.63, 3.8) is 0 Å². The molecule has 40 heavy (non-hydrogen) atoms. The van der Waals surface area contributed by atoms with Crippen LogP contribution in [0.3, 0.4) is 0 Å². The van der Waals surface area contributed by atoms with E-state index in [1.807, 2.05) is 97.4 Å². The number of pyridine rings is 2. The molecule has 5 aromatic rings. The van der Waals surface area contributed by atoms with Crippen molar-refractivity contribution >= 4 is 12.4 Å². The fourth-order valence-corrected chi connectivity index (χ4v) is 4.13. The van der Waals surface area contributed by atoms with Crippen LogP contribution in [0.15, 0.2) is 119 Å². The van der Waals surface area contributed by atoms with Gasteiger partial charge in [-0.2, -0.15) is 0 Å². The summed E-state index contributed by atoms with van der Waals surface area (Å²) < 4.78 is 10.5. The highest BCUT2D eigenvalue weighted by Crippen LogP contribution is 2.22. The minimum Gasteiger partial charge on any atom is -0.497 e. The van der Waals surface area contributed by atoms with E-state index in [9.17, 15) is 0 Å². The van der Waals surface area contributed by atoms with E-state index in [1.165, 1.54) is 0 Å². The predicted molar refractivity (Wildman–Crippen MR) is 161 cm³/mol. The minimum absolute atomic E-state index is 0.583. The van der Waals surface area contributed by atoms with Gasteiger partial charge in [0.15, 0.2) is 0 Å². The van der Waals surface area contributed by atoms with Gasteiger partial charge in [-0.15, -0.1) is 0 Å². The molecule has 0 spiro atoms. The molecule has 0 radical (unpaired) electrons. The minimum atomic E-state index is 0.583. The highest BCUT2D eigenvalue weighted by Gasteiger charge is 2.02. The highest BCUT2D eigenvalue weighted by molar-refractivity contribution is 5.79. The number of aliphatic imine (C=N–C) groups is 2. The van der Waals surface area contributed by atoms with Crippen molar-refractivity contribution in [1.29, 1.82) is 0 Å². The Bertz CT molecular complexity index is 1470. The van der Waals surface area contributed by atoms with E-state index in [2.05, 4.69) is 34.3 Å². The lowest BCUT2D eigenvalue weighted by atomic mass is 10.1. The zero-order valence-corrected chi connectivity index (χ0v) is 22.6. The molecule has 0 aliphatic rings. The molecule has 0 amide bonds. The van der Waals surface area contributed by atoms with E-state index in [-0.39, 0.29) is 0 Å². The van der Waals surface area contributed by atoms with Crippen molar-refractivity contribution in [3.8, 4) is 34.0 Å². The second-order valence-corrected chi connectivity index (χ2v) is 9.11. The van der Waals surface area contributed by atoms with Gasteiger partial charge in [0.25, 0.3) is 0 Å². The standard InChI is InChI=1S/C34H30N4O2/c1-39-31-17-13-27(14-18-31)33-7-3-5-29(37-33)23-35-21-25-9-11-26(12-10-25)22-36-24-30-6-4-8-34(38-30)28-15-19-32(40-2)20-16-28/h3-20,23-24H,21-22H2,1-2H3. The van der Waals surface area contributed by atoms with Crippen molar-refractivity contribution in [2.75, 3.05) is 14.2 Å². The van der Waals surface area contributed by atoms with Crippen LogP contribution in [0.2, 0.25) is 0 Å². The van der Waals surface area contributed by atoms with Gasteiger partial charge in [0.1, 0.15) is 11.5 Å². The molecule has 6 heteroatoms. The van der Waals surface area contributed by atoms with E-state index in [0.29, 0.717) is 13.1 Å². The molecular formula is C34H30N4O2. The normalized spacial score (nSPS) is 11.2. The molecule has 2 heterocycles. The van der Waals surface area contributed by atoms with Gasteiger partial charge in [-0.05, 0) is 83.9 Å². The summed E-state index contributed by atoms with van der Waals surface area (Å²) in [5, 5.41) is 0. The summed E-state index contributed by atoms with van der Waals surface area (Å²) >= 11 is 0. The second-order valence-electron chi connectivity index (χ2n) is 9.11. The Balaban J connectivity index is 1.15. The molecule has 3 aromatic carbocycles. The van der Waals surface area contributed by atoms with Crippen molar-refractivity contribution in [2.24, 2.45) is 9.98 Å². The summed E-state index contributed by atoms with van der Waals surface area (Å²) in [5.41, 5.74) is 7.78. The van der Waals surface area contributed by atoms with Crippen LogP contribution in [-0.2, 0) is 13.1 Å². The maximum absolute atomic E-state index is 5.24. The second kappa shape index (κ2) is 13.1. The first-order valence-electron chi connectivity index (χ1n) is 13.0. The predicted octanol–water partition coefficient (Wildman–Crippen LogP) is 7.07. The Labute approximate surface area is 234 Å². The molecule has 6 nitrogen and oxygen atoms in total. The number of methoxy groups -OCH3 is 2. The first-order valence-corrected chi connectivity index (χ1v) is 13.0. The number of benzene rings is 3. The molecule has 0 fully saturated rings. The number of hydrogen-bond acceptors (Lipinski definition) is 6. The van der Waals surface area contributed by atoms with Crippen molar-refractivity contribution in [1.82, 2.24) is 9.97 Å². The van der Waals surface area contributed by atoms with Gasteiger partial charge < -0.3 is 9.47 Å². The zero-order valence-electron chi connectivity index (χ0n) is 22.6. The molecule has 0 aliphatic heterocycles. The number of rotatable bonds is 10. The summed E-state index contributed by atoms with van der Waals surface area (Å²) in [6, 6.07) is 36.0. The Morgan fingerprint density at radius 3 is 1.30 bits per heavy atom. The third-order valence-electron chi connectivity index (χ3n) is 6.33. The molecule has 0 saturated heterocycles. The van der Waals surface area contributed by atoms with Crippen LogP contribution in [0.1, 0.15) is 22.5 Å². The van der Waals surface area contributed by atoms with Crippen molar-refractivity contribution in [3.05, 3.63) is 132 Å². The SMILES string of the molecule is COc1ccc(-c2cccc(C=NCc3ccc(CN=Cc4cccc(-c5ccc(OC)cc5)n4)cc3)n2)cc1. The lowest BCUT2D eigenvalue weighted by Gasteiger charge is -2.04. The monoisotopic (exact) mass is 526 g/mol. The third-order valence-corrected chi connectivity index (χ3v) is 6.33. The summed E-state index contributed by atoms with van der Waals surface area (Å²) in [4.78, 5) is 18.6. The molecule has 0 atom stereocenters. The first kappa shape index (κ1) is 26.5. The number of hydrogen-bond donors (Lipinski definition) is 0. The maximum atomic E-state index is 5.24. The highest BCUT2D eigenvalue weighted by atomic mass is 16.5. The van der Waals surface area contributed by atoms with Gasteiger partial charge in [0, 0.05) is 23.6 Å². The van der Waals surface area contributed by atoms with Crippen molar-refractivity contribution < 1.29 is 9.47 Å². The van der Waals surface area contributed by atoms with Gasteiger partial charge in [-0.3, -0.25) is 9.98 Å². The van der Waals surface area contributed by atoms with Gasteiger partial charge >= 0.3 is 0 Å². The molecule has 0 aliphatic carbocycles. The molecule has 0 N–H and O–H groups in total. The summed E-state index contributed by atoms with van der Waals surface area (Å²) in [7, 11) is 3.32. The van der Waals surface area contributed by atoms with Gasteiger partial charge in [-0.25, -0.2) is 9.97 Å². The average molecular weight is 527 g/mol. The Morgan fingerprint density at radius 2 is 0.925 bits per heavy atom. The maximum Gasteiger partial charge on any atom is 0.118 e. The first-order chi connectivity index (χ1) is 19.7. The molecule has 198 valence electrons. The van der Waals surface area contributed by atoms with E-state index in [0.717, 1.165) is 56.5 Å². The molecular weight excluding hydrogens is 496 g/mol. The lowest BCUT2D eigenvalue weighted by molar-refractivity contribution is 0.415. The van der Waals surface area contributed by atoms with Crippen LogP contribution in [0, 0.1) is 0 Å². The van der Waals surface area contributed by atoms with E-state index < -0.39 is 0 Å². The molecule has 5 rings (SSSR count). The molecule has 0 unspecified atom stereocenters. The fourth-order valence-electron chi connectivity index (χ4n) is 4.13. The number of ether oxygens (including phenoxy) is 2. The van der Waals surface area contributed by atoms with E-state index >= 15 is 0 Å². The van der Waals surface area contributed by atoms with Crippen LogP contribution in [0.5, 0.6) is 11.5 Å². The largest absolute Gasteiger partial charge is 0.497 e. The molecule has 2 aromatic heterocycles. The van der Waals surface area contributed by atoms with Crippen LogP contribution in [0.25, 0.3) is 22.5 Å². The van der Waals surface area contributed by atoms with E-state index in [1.54, 1.807) is 14.2 Å². The average Bonchev–Trinajstić information content (AvgIpc) is 3.02. The third kappa shape index (κ3) is 7.05.